The fourth-order valence-corrected chi connectivity index (χ4v) is 4.19. The van der Waals surface area contributed by atoms with Crippen LogP contribution < -0.4 is 10.6 Å². The lowest BCUT2D eigenvalue weighted by molar-refractivity contribution is -0.121. The third-order valence-corrected chi connectivity index (χ3v) is 5.63. The van der Waals surface area contributed by atoms with Gasteiger partial charge in [-0.2, -0.15) is 0 Å². The first-order chi connectivity index (χ1) is 13.5. The molecule has 1 aliphatic heterocycles. The molecule has 0 radical (unpaired) electrons. The molecule has 3 aromatic carbocycles. The number of fused-ring (bicyclic) bond motifs is 1. The molecule has 0 bridgehead atoms. The predicted molar refractivity (Wildman–Crippen MR) is 115 cm³/mol. The number of nitrogens with zero attached hydrogens (tertiary/aromatic N) is 2. The lowest BCUT2D eigenvalue weighted by Crippen LogP contribution is -2.31. The van der Waals surface area contributed by atoms with Crippen molar-refractivity contribution < 1.29 is 9.59 Å². The summed E-state index contributed by atoms with van der Waals surface area (Å²) < 4.78 is 0. The molecule has 2 amide bonds. The Hall–Kier alpha value is -2.83. The molecule has 4 rings (SSSR count). The maximum atomic E-state index is 12.7. The minimum atomic E-state index is -0.601. The van der Waals surface area contributed by atoms with Gasteiger partial charge in [-0.1, -0.05) is 59.8 Å². The van der Waals surface area contributed by atoms with Gasteiger partial charge in [-0.15, -0.1) is 0 Å². The average molecular weight is 410 g/mol. The van der Waals surface area contributed by atoms with Crippen molar-refractivity contribution >= 4 is 62.5 Å². The minimum absolute atomic E-state index is 0.0734. The summed E-state index contributed by atoms with van der Waals surface area (Å²) in [5.41, 5.74) is 7.22. The molecule has 1 saturated heterocycles. The Morgan fingerprint density at radius 3 is 2.61 bits per heavy atom. The summed E-state index contributed by atoms with van der Waals surface area (Å²) in [6.45, 7) is 0. The Morgan fingerprint density at radius 1 is 1.04 bits per heavy atom. The number of hydrogen-bond acceptors (Lipinski definition) is 4. The number of halogens is 1. The van der Waals surface area contributed by atoms with Gasteiger partial charge in [0.15, 0.2) is 5.17 Å². The van der Waals surface area contributed by atoms with Crippen molar-refractivity contribution in [2.24, 2.45) is 10.7 Å². The van der Waals surface area contributed by atoms with E-state index in [1.54, 1.807) is 24.3 Å². The molecule has 1 aliphatic rings. The number of benzene rings is 3. The van der Waals surface area contributed by atoms with Gasteiger partial charge in [0.2, 0.25) is 11.8 Å². The zero-order valence-electron chi connectivity index (χ0n) is 14.7. The maximum absolute atomic E-state index is 12.7. The van der Waals surface area contributed by atoms with Crippen LogP contribution in [-0.2, 0) is 9.59 Å². The van der Waals surface area contributed by atoms with Gasteiger partial charge >= 0.3 is 0 Å². The van der Waals surface area contributed by atoms with Crippen LogP contribution in [0.15, 0.2) is 71.7 Å². The maximum Gasteiger partial charge on any atom is 0.247 e. The summed E-state index contributed by atoms with van der Waals surface area (Å²) >= 11 is 7.08. The molecule has 1 fully saturated rings. The average Bonchev–Trinajstić information content (AvgIpc) is 2.94. The van der Waals surface area contributed by atoms with E-state index in [1.807, 2.05) is 42.5 Å². The molecule has 0 aliphatic carbocycles. The number of rotatable bonds is 3. The molecule has 3 aromatic rings. The highest BCUT2D eigenvalue weighted by molar-refractivity contribution is 8.15. The lowest BCUT2D eigenvalue weighted by atomic mass is 10.1. The highest BCUT2D eigenvalue weighted by Gasteiger charge is 2.40. The quantitative estimate of drug-likeness (QED) is 0.392. The van der Waals surface area contributed by atoms with Gasteiger partial charge in [0, 0.05) is 11.4 Å². The Kier molecular flexibility index (Phi) is 5.07. The Balaban J connectivity index is 1.52. The van der Waals surface area contributed by atoms with E-state index in [4.69, 9.17) is 17.3 Å². The Morgan fingerprint density at radius 2 is 1.82 bits per heavy atom. The molecule has 0 aromatic heterocycles. The van der Waals surface area contributed by atoms with Crippen LogP contribution in [0.5, 0.6) is 0 Å². The predicted octanol–water partition coefficient (Wildman–Crippen LogP) is 4.50. The molecule has 5 nitrogen and oxygen atoms in total. The summed E-state index contributed by atoms with van der Waals surface area (Å²) in [5, 5.41) is 2.28. The first-order valence-electron chi connectivity index (χ1n) is 8.63. The number of carbonyl (C=O) groups is 2. The third kappa shape index (κ3) is 3.74. The molecule has 0 saturated carbocycles. The van der Waals surface area contributed by atoms with Crippen LogP contribution in [0.2, 0.25) is 5.02 Å². The van der Waals surface area contributed by atoms with Crippen LogP contribution in [0.3, 0.4) is 0 Å². The molecule has 1 heterocycles. The van der Waals surface area contributed by atoms with E-state index < -0.39 is 5.25 Å². The van der Waals surface area contributed by atoms with Crippen molar-refractivity contribution in [3.05, 3.63) is 71.8 Å². The van der Waals surface area contributed by atoms with Gasteiger partial charge in [-0.3, -0.25) is 9.59 Å². The molecule has 2 N–H and O–H groups in total. The van der Waals surface area contributed by atoms with Gasteiger partial charge in [0.1, 0.15) is 5.25 Å². The van der Waals surface area contributed by atoms with E-state index in [1.165, 1.54) is 0 Å². The standard InChI is InChI=1S/C21H16ClN3O2S/c22-15-6-3-7-17(11-15)25-19(26)12-18(20(25)27)28-21(23)24-16-9-8-13-4-1-2-5-14(13)10-16/h1-11,18H,12H2,(H2,23,24)/t18-/m0/s1. The summed E-state index contributed by atoms with van der Waals surface area (Å²) in [4.78, 5) is 30.6. The highest BCUT2D eigenvalue weighted by atomic mass is 35.5. The highest BCUT2D eigenvalue weighted by Crippen LogP contribution is 2.31. The summed E-state index contributed by atoms with van der Waals surface area (Å²) in [6.07, 6.45) is 0.0734. The van der Waals surface area contributed by atoms with E-state index in [0.717, 1.165) is 27.4 Å². The van der Waals surface area contributed by atoms with E-state index in [2.05, 4.69) is 4.99 Å². The largest absolute Gasteiger partial charge is 0.378 e. The van der Waals surface area contributed by atoms with Crippen molar-refractivity contribution in [1.82, 2.24) is 0 Å². The first-order valence-corrected chi connectivity index (χ1v) is 9.89. The van der Waals surface area contributed by atoms with Gasteiger partial charge in [-0.25, -0.2) is 9.89 Å². The monoisotopic (exact) mass is 409 g/mol. The molecular weight excluding hydrogens is 394 g/mol. The number of aliphatic imine (C=N–C) groups is 1. The molecule has 0 spiro atoms. The first kappa shape index (κ1) is 18.5. The van der Waals surface area contributed by atoms with Crippen LogP contribution in [0, 0.1) is 0 Å². The number of amidine groups is 1. The zero-order valence-corrected chi connectivity index (χ0v) is 16.3. The van der Waals surface area contributed by atoms with Gasteiger partial charge in [0.25, 0.3) is 0 Å². The van der Waals surface area contributed by atoms with E-state index in [-0.39, 0.29) is 23.4 Å². The number of thioether (sulfide) groups is 1. The molecule has 140 valence electrons. The smallest absolute Gasteiger partial charge is 0.247 e. The van der Waals surface area contributed by atoms with Crippen molar-refractivity contribution in [2.45, 2.75) is 11.7 Å². The molecule has 1 atom stereocenters. The van der Waals surface area contributed by atoms with Crippen LogP contribution in [-0.4, -0.2) is 22.2 Å². The van der Waals surface area contributed by atoms with Crippen molar-refractivity contribution in [2.75, 3.05) is 4.90 Å². The van der Waals surface area contributed by atoms with Gasteiger partial charge < -0.3 is 5.73 Å². The van der Waals surface area contributed by atoms with Crippen LogP contribution in [0.1, 0.15) is 6.42 Å². The van der Waals surface area contributed by atoms with Crippen molar-refractivity contribution in [3.8, 4) is 0 Å². The van der Waals surface area contributed by atoms with Gasteiger partial charge in [-0.05, 0) is 41.1 Å². The molecule has 7 heteroatoms. The number of hydrogen-bond donors (Lipinski definition) is 1. The number of imide groups is 1. The number of amides is 2. The second kappa shape index (κ2) is 7.66. The summed E-state index contributed by atoms with van der Waals surface area (Å²) in [6, 6.07) is 20.4. The Labute approximate surface area is 171 Å². The van der Waals surface area contributed by atoms with Crippen LogP contribution in [0.4, 0.5) is 11.4 Å². The lowest BCUT2D eigenvalue weighted by Gasteiger charge is -2.15. The number of anilines is 1. The van der Waals surface area contributed by atoms with Crippen molar-refractivity contribution in [1.29, 1.82) is 0 Å². The summed E-state index contributed by atoms with van der Waals surface area (Å²) in [7, 11) is 0. The SMILES string of the molecule is NC(=Nc1ccc2ccccc2c1)S[C@H]1CC(=O)N(c2cccc(Cl)c2)C1=O. The van der Waals surface area contributed by atoms with E-state index >= 15 is 0 Å². The van der Waals surface area contributed by atoms with E-state index in [0.29, 0.717) is 16.4 Å². The fraction of sp³-hybridized carbons (Fsp3) is 0.0952. The normalized spacial score (nSPS) is 17.5. The summed E-state index contributed by atoms with van der Waals surface area (Å²) in [5.74, 6) is -0.586. The number of carbonyl (C=O) groups excluding carboxylic acids is 2. The van der Waals surface area contributed by atoms with Crippen LogP contribution in [0.25, 0.3) is 10.8 Å². The second-order valence-electron chi connectivity index (χ2n) is 6.34. The topological polar surface area (TPSA) is 75.8 Å². The third-order valence-electron chi connectivity index (χ3n) is 4.41. The fourth-order valence-electron chi connectivity index (χ4n) is 3.13. The zero-order chi connectivity index (χ0) is 19.7. The Bertz CT molecular complexity index is 1120. The van der Waals surface area contributed by atoms with Gasteiger partial charge in [0.05, 0.1) is 11.4 Å². The molecular formula is C21H16ClN3O2S. The molecule has 0 unspecified atom stereocenters. The number of nitrogens with two attached hydrogens (primary N) is 1. The van der Waals surface area contributed by atoms with E-state index in [9.17, 15) is 9.59 Å². The second-order valence-corrected chi connectivity index (χ2v) is 8.00. The minimum Gasteiger partial charge on any atom is -0.378 e. The van der Waals surface area contributed by atoms with Crippen molar-refractivity contribution in [3.63, 3.8) is 0 Å². The molecule has 28 heavy (non-hydrogen) atoms. The van der Waals surface area contributed by atoms with Crippen LogP contribution >= 0.6 is 23.4 Å².